The Morgan fingerprint density at radius 2 is 1.44 bits per heavy atom. The zero-order valence-electron chi connectivity index (χ0n) is 4.31. The predicted molar refractivity (Wildman–Crippen MR) is 13.8 cm³/mol. The summed E-state index contributed by atoms with van der Waals surface area (Å²) in [4.78, 5) is 0. The first-order chi connectivity index (χ1) is 3.46. The summed E-state index contributed by atoms with van der Waals surface area (Å²) in [6.45, 7) is 0. The third kappa shape index (κ3) is 255. The molecule has 0 saturated carbocycles. The first-order valence-corrected chi connectivity index (χ1v) is 4.03. The molecule has 0 aliphatic heterocycles. The largest absolute Gasteiger partial charge is 1.00 e. The van der Waals surface area contributed by atoms with E-state index in [1.54, 1.807) is 0 Å². The summed E-state index contributed by atoms with van der Waals surface area (Å²) in [5.41, 5.74) is 0. The van der Waals surface area contributed by atoms with Crippen LogP contribution in [0, 0.1) is 14.8 Å². The Labute approximate surface area is 81.1 Å². The van der Waals surface area contributed by atoms with Gasteiger partial charge >= 0.3 is 44.4 Å². The van der Waals surface area contributed by atoms with Gasteiger partial charge in [-0.2, -0.15) is 0 Å². The first-order valence-electron chi connectivity index (χ1n) is 0.994. The Hall–Kier alpha value is 1.43. The average Bonchev–Trinajstić information content (AvgIpc) is 1.25. The third-order valence-electron chi connectivity index (χ3n) is 0. The van der Waals surface area contributed by atoms with Gasteiger partial charge in [-0.1, -0.05) is 0 Å². The van der Waals surface area contributed by atoms with Crippen molar-refractivity contribution in [2.75, 3.05) is 0 Å². The topological polar surface area (TPSA) is 127 Å². The second-order valence-electron chi connectivity index (χ2n) is 0.418. The minimum absolute atomic E-state index is 0. The van der Waals surface area contributed by atoms with Crippen molar-refractivity contribution < 1.29 is 70.3 Å². The van der Waals surface area contributed by atoms with Gasteiger partial charge in [-0.15, -0.1) is 0 Å². The molecule has 0 spiro atoms. The fourth-order valence-electron chi connectivity index (χ4n) is 0. The van der Waals surface area contributed by atoms with Gasteiger partial charge in [0.2, 0.25) is 0 Å². The summed E-state index contributed by atoms with van der Waals surface area (Å²) in [7, 11) is 0. The van der Waals surface area contributed by atoms with Gasteiger partial charge in [0.25, 0.3) is 0 Å². The van der Waals surface area contributed by atoms with E-state index >= 15 is 0 Å². The fourth-order valence-corrected chi connectivity index (χ4v) is 0. The fraction of sp³-hybridized carbons (Fsp3) is 0. The number of halogens is 1. The zero-order valence-corrected chi connectivity index (χ0v) is 8.72. The van der Waals surface area contributed by atoms with Gasteiger partial charge in [0, 0.05) is 0 Å². The average molecular weight is 233 g/mol. The van der Waals surface area contributed by atoms with E-state index in [2.05, 4.69) is 0 Å². The molecule has 0 aromatic heterocycles. The van der Waals surface area contributed by atoms with E-state index in [1.165, 1.54) is 0 Å². The van der Waals surface area contributed by atoms with Gasteiger partial charge in [0.15, 0.2) is 0 Å². The predicted octanol–water partition coefficient (Wildman–Crippen LogP) is -6.59. The molecule has 6 nitrogen and oxygen atoms in total. The quantitative estimate of drug-likeness (QED) is 0.316. The molecule has 0 rings (SSSR count). The van der Waals surface area contributed by atoms with E-state index in [0.29, 0.717) is 0 Å². The zero-order chi connectivity index (χ0) is 7.15. The number of hydrogen-bond acceptors (Lipinski definition) is 5. The molecule has 1 atom stereocenters. The summed E-state index contributed by atoms with van der Waals surface area (Å²) >= 11 is -6.26. The van der Waals surface area contributed by atoms with Gasteiger partial charge in [0.1, 0.15) is 0 Å². The van der Waals surface area contributed by atoms with Gasteiger partial charge in [0.05, 0.1) is 11.4 Å². The summed E-state index contributed by atoms with van der Waals surface area (Å²) in [6, 6.07) is 0. The van der Waals surface area contributed by atoms with E-state index in [-0.39, 0.29) is 29.6 Å². The van der Waals surface area contributed by atoms with Crippen LogP contribution in [-0.4, -0.2) is 17.5 Å². The minimum Gasteiger partial charge on any atom is -0.750 e. The van der Waals surface area contributed by atoms with Gasteiger partial charge in [-0.05, 0) is 4.20 Å². The van der Waals surface area contributed by atoms with Crippen LogP contribution in [0.3, 0.4) is 0 Å². The summed E-state index contributed by atoms with van der Waals surface area (Å²) in [6.07, 6.45) is 0. The molecule has 0 fully saturated rings. The molecular formula is H2BrNaO6S. The molecular weight excluding hydrogens is 231 g/mol. The van der Waals surface area contributed by atoms with Crippen LogP contribution >= 0.6 is 0 Å². The van der Waals surface area contributed by atoms with E-state index in [9.17, 15) is 0 Å². The van der Waals surface area contributed by atoms with Crippen molar-refractivity contribution in [3.8, 4) is 0 Å². The standard InChI is InChI=1S/BrHO3.Na.H2O3S/c2-1(3)4;;1-4(2)3/h2H;;(H2,1,2,3)/q;+1;/p-1. The van der Waals surface area contributed by atoms with Crippen molar-refractivity contribution in [1.82, 2.24) is 0 Å². The van der Waals surface area contributed by atoms with Crippen molar-refractivity contribution in [1.29, 1.82) is 0 Å². The van der Waals surface area contributed by atoms with E-state index < -0.39 is 26.2 Å². The van der Waals surface area contributed by atoms with E-state index in [4.69, 9.17) is 25.9 Å². The maximum atomic E-state index is 8.63. The molecule has 0 amide bonds. The first kappa shape index (κ1) is 16.8. The van der Waals surface area contributed by atoms with Crippen molar-refractivity contribution in [2.45, 2.75) is 0 Å². The van der Waals surface area contributed by atoms with Gasteiger partial charge < -0.3 is 17.5 Å². The molecule has 0 aliphatic carbocycles. The molecule has 0 bridgehead atoms. The van der Waals surface area contributed by atoms with E-state index in [1.807, 2.05) is 0 Å². The molecule has 0 aromatic rings. The van der Waals surface area contributed by atoms with Crippen molar-refractivity contribution in [3.63, 3.8) is 0 Å². The minimum atomic E-state index is -3.40. The van der Waals surface area contributed by atoms with Crippen LogP contribution < -0.4 is 38.0 Å². The molecule has 2 N–H and O–H groups in total. The third-order valence-corrected chi connectivity index (χ3v) is 0. The van der Waals surface area contributed by atoms with Crippen LogP contribution in [0.2, 0.25) is 0 Å². The smallest absolute Gasteiger partial charge is 0.750 e. The molecule has 0 heterocycles. The summed E-state index contributed by atoms with van der Waals surface area (Å²) in [5, 5.41) is 0. The Morgan fingerprint density at radius 3 is 1.44 bits per heavy atom. The SMILES string of the molecule is O=S([O-])O.[Na+].[O-][Br+2]([O-])O. The normalized spacial score (nSPS) is 10.9. The Bertz CT molecular complexity index is 57.3. The molecule has 9 heavy (non-hydrogen) atoms. The molecule has 1 unspecified atom stereocenters. The Kier molecular flexibility index (Phi) is 22.7. The number of rotatable bonds is 0. The summed E-state index contributed by atoms with van der Waals surface area (Å²) < 4.78 is 48.4. The van der Waals surface area contributed by atoms with E-state index in [0.717, 1.165) is 0 Å². The van der Waals surface area contributed by atoms with Gasteiger partial charge in [-0.25, -0.2) is 4.21 Å². The molecule has 0 saturated heterocycles. The molecule has 0 aromatic carbocycles. The monoisotopic (exact) mass is 232 g/mol. The van der Waals surface area contributed by atoms with Gasteiger partial charge in [-0.3, -0.25) is 0 Å². The maximum Gasteiger partial charge on any atom is 1.00 e. The number of hydrogen-bond donors (Lipinski definition) is 2. The second kappa shape index (κ2) is 12.1. The molecule has 0 radical (unpaired) electrons. The van der Waals surface area contributed by atoms with Crippen molar-refractivity contribution in [2.24, 2.45) is 0 Å². The molecule has 0 aliphatic rings. The molecule has 52 valence electrons. The van der Waals surface area contributed by atoms with Crippen LogP contribution in [0.4, 0.5) is 0 Å². The van der Waals surface area contributed by atoms with Crippen molar-refractivity contribution >= 4 is 11.4 Å². The second-order valence-corrected chi connectivity index (χ2v) is 1.70. The van der Waals surface area contributed by atoms with Crippen LogP contribution in [-0.2, 0) is 11.4 Å². The maximum absolute atomic E-state index is 8.63. The van der Waals surface area contributed by atoms with Crippen LogP contribution in [0.1, 0.15) is 0 Å². The Balaban J connectivity index is -0.0000000720. The van der Waals surface area contributed by atoms with Crippen LogP contribution in [0.25, 0.3) is 0 Å². The van der Waals surface area contributed by atoms with Crippen LogP contribution in [0.5, 0.6) is 0 Å². The molecule has 9 heteroatoms. The summed E-state index contributed by atoms with van der Waals surface area (Å²) in [5.74, 6) is 0. The van der Waals surface area contributed by atoms with Crippen LogP contribution in [0.15, 0.2) is 0 Å². The Morgan fingerprint density at radius 1 is 1.44 bits per heavy atom. The van der Waals surface area contributed by atoms with Crippen molar-refractivity contribution in [3.05, 3.63) is 0 Å².